The SMILES string of the molecule is Cc1ccc(C(=O)N[C@H]2CCCc3c2cnn3Cc2ccccc2)c(C)c1. The molecule has 0 saturated heterocycles. The Morgan fingerprint density at radius 1 is 1.19 bits per heavy atom. The summed E-state index contributed by atoms with van der Waals surface area (Å²) in [5.41, 5.74) is 6.59. The molecule has 1 atom stereocenters. The number of rotatable bonds is 4. The van der Waals surface area contributed by atoms with E-state index >= 15 is 0 Å². The van der Waals surface area contributed by atoms with Crippen LogP contribution in [0.3, 0.4) is 0 Å². The van der Waals surface area contributed by atoms with Crippen LogP contribution in [-0.2, 0) is 13.0 Å². The Bertz CT molecular complexity index is 959. The van der Waals surface area contributed by atoms with Gasteiger partial charge in [0.05, 0.1) is 18.8 Å². The van der Waals surface area contributed by atoms with Crippen LogP contribution in [0.4, 0.5) is 0 Å². The molecule has 1 aliphatic carbocycles. The molecule has 4 rings (SSSR count). The van der Waals surface area contributed by atoms with Crippen LogP contribution in [-0.4, -0.2) is 15.7 Å². The summed E-state index contributed by atoms with van der Waals surface area (Å²) in [4.78, 5) is 12.8. The van der Waals surface area contributed by atoms with Gasteiger partial charge in [-0.25, -0.2) is 0 Å². The van der Waals surface area contributed by atoms with Gasteiger partial charge in [-0.1, -0.05) is 48.0 Å². The molecule has 1 N–H and O–H groups in total. The van der Waals surface area contributed by atoms with Crippen LogP contribution < -0.4 is 5.32 Å². The first kappa shape index (κ1) is 17.5. The molecular weight excluding hydrogens is 334 g/mol. The van der Waals surface area contributed by atoms with Crippen molar-refractivity contribution in [2.45, 2.75) is 45.7 Å². The van der Waals surface area contributed by atoms with Gasteiger partial charge in [0.15, 0.2) is 0 Å². The molecule has 0 saturated carbocycles. The molecule has 1 heterocycles. The molecule has 0 radical (unpaired) electrons. The first-order valence-corrected chi connectivity index (χ1v) is 9.58. The molecule has 1 aliphatic rings. The minimum Gasteiger partial charge on any atom is -0.345 e. The topological polar surface area (TPSA) is 46.9 Å². The van der Waals surface area contributed by atoms with Crippen molar-refractivity contribution in [2.24, 2.45) is 0 Å². The summed E-state index contributed by atoms with van der Waals surface area (Å²) in [7, 11) is 0. The van der Waals surface area contributed by atoms with Gasteiger partial charge >= 0.3 is 0 Å². The molecule has 27 heavy (non-hydrogen) atoms. The minimum atomic E-state index is 0.00107. The summed E-state index contributed by atoms with van der Waals surface area (Å²) < 4.78 is 2.08. The van der Waals surface area contributed by atoms with E-state index < -0.39 is 0 Å². The van der Waals surface area contributed by atoms with Crippen LogP contribution >= 0.6 is 0 Å². The van der Waals surface area contributed by atoms with Crippen molar-refractivity contribution in [3.63, 3.8) is 0 Å². The maximum Gasteiger partial charge on any atom is 0.252 e. The number of carbonyl (C=O) groups excluding carboxylic acids is 1. The van der Waals surface area contributed by atoms with Gasteiger partial charge in [0.1, 0.15) is 0 Å². The van der Waals surface area contributed by atoms with Crippen molar-refractivity contribution in [3.8, 4) is 0 Å². The van der Waals surface area contributed by atoms with E-state index in [4.69, 9.17) is 0 Å². The van der Waals surface area contributed by atoms with Crippen LogP contribution in [0.25, 0.3) is 0 Å². The normalized spacial score (nSPS) is 16.0. The standard InChI is InChI=1S/C23H25N3O/c1-16-11-12-19(17(2)13-16)23(27)25-21-9-6-10-22-20(21)14-24-26(22)15-18-7-4-3-5-8-18/h3-5,7-8,11-14,21H,6,9-10,15H2,1-2H3,(H,25,27)/t21-/m0/s1. The lowest BCUT2D eigenvalue weighted by molar-refractivity contribution is 0.0932. The lowest BCUT2D eigenvalue weighted by Gasteiger charge is -2.24. The van der Waals surface area contributed by atoms with Crippen molar-refractivity contribution < 1.29 is 4.79 Å². The largest absolute Gasteiger partial charge is 0.345 e. The van der Waals surface area contributed by atoms with E-state index in [2.05, 4.69) is 45.4 Å². The lowest BCUT2D eigenvalue weighted by atomic mass is 9.92. The number of hydrogen-bond acceptors (Lipinski definition) is 2. The first-order valence-electron chi connectivity index (χ1n) is 9.58. The highest BCUT2D eigenvalue weighted by Crippen LogP contribution is 2.30. The van der Waals surface area contributed by atoms with Gasteiger partial charge in [-0.15, -0.1) is 0 Å². The molecule has 1 aromatic heterocycles. The lowest BCUT2D eigenvalue weighted by Crippen LogP contribution is -2.31. The Balaban J connectivity index is 1.54. The number of nitrogens with one attached hydrogen (secondary N) is 1. The average molecular weight is 359 g/mol. The van der Waals surface area contributed by atoms with Gasteiger partial charge < -0.3 is 5.32 Å². The average Bonchev–Trinajstić information content (AvgIpc) is 3.06. The zero-order chi connectivity index (χ0) is 18.8. The highest BCUT2D eigenvalue weighted by molar-refractivity contribution is 5.96. The van der Waals surface area contributed by atoms with Crippen molar-refractivity contribution >= 4 is 5.91 Å². The third-order valence-corrected chi connectivity index (χ3v) is 5.37. The second-order valence-electron chi connectivity index (χ2n) is 7.43. The van der Waals surface area contributed by atoms with Crippen LogP contribution in [0.1, 0.15) is 57.2 Å². The van der Waals surface area contributed by atoms with Crippen LogP contribution in [0.2, 0.25) is 0 Å². The number of nitrogens with zero attached hydrogens (tertiary/aromatic N) is 2. The maximum atomic E-state index is 12.8. The summed E-state index contributed by atoms with van der Waals surface area (Å²) in [6, 6.07) is 16.4. The predicted molar refractivity (Wildman–Crippen MR) is 107 cm³/mol. The van der Waals surface area contributed by atoms with E-state index in [0.717, 1.165) is 42.5 Å². The quantitative estimate of drug-likeness (QED) is 0.752. The highest BCUT2D eigenvalue weighted by atomic mass is 16.1. The molecule has 4 heteroatoms. The molecule has 4 nitrogen and oxygen atoms in total. The van der Waals surface area contributed by atoms with E-state index in [1.54, 1.807) is 0 Å². The summed E-state index contributed by atoms with van der Waals surface area (Å²) in [6.45, 7) is 4.81. The molecule has 138 valence electrons. The third kappa shape index (κ3) is 3.65. The molecular formula is C23H25N3O. The van der Waals surface area contributed by atoms with Gasteiger partial charge in [-0.3, -0.25) is 9.48 Å². The van der Waals surface area contributed by atoms with E-state index in [1.807, 2.05) is 38.2 Å². The van der Waals surface area contributed by atoms with E-state index in [0.29, 0.717) is 0 Å². The fourth-order valence-corrected chi connectivity index (χ4v) is 3.97. The van der Waals surface area contributed by atoms with E-state index in [-0.39, 0.29) is 11.9 Å². The minimum absolute atomic E-state index is 0.00107. The first-order chi connectivity index (χ1) is 13.1. The highest BCUT2D eigenvalue weighted by Gasteiger charge is 2.26. The Labute approximate surface area is 160 Å². The van der Waals surface area contributed by atoms with E-state index in [1.165, 1.54) is 16.8 Å². The summed E-state index contributed by atoms with van der Waals surface area (Å²) in [5.74, 6) is 0.00107. The molecule has 0 aliphatic heterocycles. The van der Waals surface area contributed by atoms with E-state index in [9.17, 15) is 4.79 Å². The van der Waals surface area contributed by atoms with Gasteiger partial charge in [0, 0.05) is 16.8 Å². The van der Waals surface area contributed by atoms with Crippen LogP contribution in [0.15, 0.2) is 54.7 Å². The van der Waals surface area contributed by atoms with Crippen molar-refractivity contribution in [1.82, 2.24) is 15.1 Å². The Hall–Kier alpha value is -2.88. The number of benzene rings is 2. The molecule has 2 aromatic carbocycles. The Morgan fingerprint density at radius 2 is 2.00 bits per heavy atom. The molecule has 3 aromatic rings. The van der Waals surface area contributed by atoms with Gasteiger partial charge in [0.25, 0.3) is 5.91 Å². The van der Waals surface area contributed by atoms with Crippen molar-refractivity contribution in [1.29, 1.82) is 0 Å². The molecule has 0 unspecified atom stereocenters. The summed E-state index contributed by atoms with van der Waals surface area (Å²) >= 11 is 0. The van der Waals surface area contributed by atoms with Crippen LogP contribution in [0, 0.1) is 13.8 Å². The predicted octanol–water partition coefficient (Wildman–Crippen LogP) is 4.36. The fraction of sp³-hybridized carbons (Fsp3) is 0.304. The van der Waals surface area contributed by atoms with Gasteiger partial charge in [0.2, 0.25) is 0 Å². The van der Waals surface area contributed by atoms with Gasteiger partial charge in [-0.2, -0.15) is 5.10 Å². The van der Waals surface area contributed by atoms with Crippen molar-refractivity contribution in [2.75, 3.05) is 0 Å². The number of carbonyl (C=O) groups is 1. The molecule has 1 amide bonds. The monoisotopic (exact) mass is 359 g/mol. The van der Waals surface area contributed by atoms with Crippen LogP contribution in [0.5, 0.6) is 0 Å². The molecule has 0 bridgehead atoms. The second kappa shape index (κ2) is 7.39. The van der Waals surface area contributed by atoms with Gasteiger partial charge in [-0.05, 0) is 50.3 Å². The number of hydrogen-bond donors (Lipinski definition) is 1. The van der Waals surface area contributed by atoms with Crippen molar-refractivity contribution in [3.05, 3.63) is 88.2 Å². The second-order valence-corrected chi connectivity index (χ2v) is 7.43. The zero-order valence-electron chi connectivity index (χ0n) is 15.9. The Kier molecular flexibility index (Phi) is 4.80. The number of amides is 1. The smallest absolute Gasteiger partial charge is 0.252 e. The third-order valence-electron chi connectivity index (χ3n) is 5.37. The maximum absolute atomic E-state index is 12.8. The zero-order valence-corrected chi connectivity index (χ0v) is 15.9. The number of aryl methyl sites for hydroxylation is 2. The summed E-state index contributed by atoms with van der Waals surface area (Å²) in [6.07, 6.45) is 4.97. The number of aromatic nitrogens is 2. The number of fused-ring (bicyclic) bond motifs is 1. The molecule has 0 spiro atoms. The fourth-order valence-electron chi connectivity index (χ4n) is 3.97. The molecule has 0 fully saturated rings. The Morgan fingerprint density at radius 3 is 2.78 bits per heavy atom. The summed E-state index contributed by atoms with van der Waals surface area (Å²) in [5, 5.41) is 7.85.